The lowest BCUT2D eigenvalue weighted by Gasteiger charge is -2.17. The molecule has 0 bridgehead atoms. The van der Waals surface area contributed by atoms with Gasteiger partial charge in [-0.15, -0.1) is 0 Å². The Labute approximate surface area is 123 Å². The molecule has 5 nitrogen and oxygen atoms in total. The molecule has 2 rings (SSSR count). The maximum absolute atomic E-state index is 12.3. The molecule has 0 fully saturated rings. The molecule has 1 aromatic carbocycles. The third-order valence-corrected chi connectivity index (χ3v) is 3.37. The number of aliphatic carboxylic acids is 1. The Morgan fingerprint density at radius 3 is 2.62 bits per heavy atom. The van der Waals surface area contributed by atoms with Gasteiger partial charge < -0.3 is 15.0 Å². The van der Waals surface area contributed by atoms with Crippen molar-refractivity contribution in [3.05, 3.63) is 59.4 Å². The molecule has 110 valence electrons. The van der Waals surface area contributed by atoms with Gasteiger partial charge in [-0.2, -0.15) is 0 Å². The molecule has 0 spiro atoms. The van der Waals surface area contributed by atoms with Gasteiger partial charge in [-0.3, -0.25) is 9.59 Å². The van der Waals surface area contributed by atoms with E-state index in [1.165, 1.54) is 4.57 Å². The summed E-state index contributed by atoms with van der Waals surface area (Å²) in [5.41, 5.74) is 2.49. The SMILES string of the molecule is Cc1ccccc1C(C)NC(=O)c1cccn1CC(=O)O. The molecular weight excluding hydrogens is 268 g/mol. The Kier molecular flexibility index (Phi) is 4.42. The lowest BCUT2D eigenvalue weighted by Crippen LogP contribution is -2.29. The summed E-state index contributed by atoms with van der Waals surface area (Å²) in [5.74, 6) is -1.26. The summed E-state index contributed by atoms with van der Waals surface area (Å²) in [6, 6.07) is 11.0. The minimum atomic E-state index is -0.979. The first-order valence-electron chi connectivity index (χ1n) is 6.72. The van der Waals surface area contributed by atoms with Crippen LogP contribution in [0.1, 0.15) is 34.6 Å². The van der Waals surface area contributed by atoms with Crippen LogP contribution in [0.4, 0.5) is 0 Å². The normalized spacial score (nSPS) is 11.9. The average molecular weight is 286 g/mol. The fourth-order valence-corrected chi connectivity index (χ4v) is 2.32. The quantitative estimate of drug-likeness (QED) is 0.886. The summed E-state index contributed by atoms with van der Waals surface area (Å²) in [5, 5.41) is 11.7. The fourth-order valence-electron chi connectivity index (χ4n) is 2.32. The van der Waals surface area contributed by atoms with E-state index in [1.54, 1.807) is 18.3 Å². The van der Waals surface area contributed by atoms with Gasteiger partial charge in [0.2, 0.25) is 0 Å². The van der Waals surface area contributed by atoms with Gasteiger partial charge in [-0.1, -0.05) is 24.3 Å². The van der Waals surface area contributed by atoms with Crippen molar-refractivity contribution >= 4 is 11.9 Å². The zero-order chi connectivity index (χ0) is 15.4. The van der Waals surface area contributed by atoms with Crippen molar-refractivity contribution in [2.75, 3.05) is 0 Å². The number of rotatable bonds is 5. The molecule has 0 saturated heterocycles. The third kappa shape index (κ3) is 3.51. The predicted octanol–water partition coefficient (Wildman–Crippen LogP) is 2.37. The molecule has 21 heavy (non-hydrogen) atoms. The van der Waals surface area contributed by atoms with Crippen molar-refractivity contribution in [2.45, 2.75) is 26.4 Å². The standard InChI is InChI=1S/C16H18N2O3/c1-11-6-3-4-7-13(11)12(2)17-16(21)14-8-5-9-18(14)10-15(19)20/h3-9,12H,10H2,1-2H3,(H,17,21)(H,19,20). The smallest absolute Gasteiger partial charge is 0.323 e. The molecule has 0 aliphatic carbocycles. The molecule has 0 saturated carbocycles. The van der Waals surface area contributed by atoms with Crippen LogP contribution in [-0.2, 0) is 11.3 Å². The zero-order valence-electron chi connectivity index (χ0n) is 12.0. The molecule has 1 aromatic heterocycles. The second-order valence-corrected chi connectivity index (χ2v) is 4.97. The second kappa shape index (κ2) is 6.26. The highest BCUT2D eigenvalue weighted by molar-refractivity contribution is 5.93. The Hall–Kier alpha value is -2.56. The predicted molar refractivity (Wildman–Crippen MR) is 79.1 cm³/mol. The van der Waals surface area contributed by atoms with Crippen LogP contribution in [0.3, 0.4) is 0 Å². The van der Waals surface area contributed by atoms with Crippen molar-refractivity contribution in [1.29, 1.82) is 0 Å². The molecular formula is C16H18N2O3. The van der Waals surface area contributed by atoms with Gasteiger partial charge in [0.05, 0.1) is 6.04 Å². The van der Waals surface area contributed by atoms with Crippen molar-refractivity contribution in [1.82, 2.24) is 9.88 Å². The molecule has 1 unspecified atom stereocenters. The van der Waals surface area contributed by atoms with Gasteiger partial charge in [0, 0.05) is 6.20 Å². The summed E-state index contributed by atoms with van der Waals surface area (Å²) in [6.07, 6.45) is 1.58. The monoisotopic (exact) mass is 286 g/mol. The minimum absolute atomic E-state index is 0.146. The van der Waals surface area contributed by atoms with Crippen LogP contribution >= 0.6 is 0 Å². The highest BCUT2D eigenvalue weighted by Crippen LogP contribution is 2.17. The van der Waals surface area contributed by atoms with Gasteiger partial charge >= 0.3 is 5.97 Å². The molecule has 1 heterocycles. The van der Waals surface area contributed by atoms with Crippen LogP contribution in [0.25, 0.3) is 0 Å². The van der Waals surface area contributed by atoms with E-state index in [9.17, 15) is 9.59 Å². The van der Waals surface area contributed by atoms with E-state index in [0.717, 1.165) is 11.1 Å². The van der Waals surface area contributed by atoms with Crippen molar-refractivity contribution in [3.8, 4) is 0 Å². The number of carbonyl (C=O) groups is 2. The van der Waals surface area contributed by atoms with E-state index in [4.69, 9.17) is 5.11 Å². The molecule has 1 atom stereocenters. The van der Waals surface area contributed by atoms with E-state index < -0.39 is 5.97 Å². The Morgan fingerprint density at radius 1 is 1.24 bits per heavy atom. The Bertz CT molecular complexity index is 661. The Morgan fingerprint density at radius 2 is 1.95 bits per heavy atom. The molecule has 2 aromatic rings. The topological polar surface area (TPSA) is 71.3 Å². The van der Waals surface area contributed by atoms with Gasteiger partial charge in [0.1, 0.15) is 12.2 Å². The number of nitrogens with one attached hydrogen (secondary N) is 1. The van der Waals surface area contributed by atoms with Crippen LogP contribution in [-0.4, -0.2) is 21.6 Å². The van der Waals surface area contributed by atoms with Gasteiger partial charge in [-0.25, -0.2) is 0 Å². The number of carbonyl (C=O) groups excluding carboxylic acids is 1. The second-order valence-electron chi connectivity index (χ2n) is 4.97. The lowest BCUT2D eigenvalue weighted by atomic mass is 10.0. The van der Waals surface area contributed by atoms with Crippen molar-refractivity contribution < 1.29 is 14.7 Å². The maximum Gasteiger partial charge on any atom is 0.323 e. The summed E-state index contributed by atoms with van der Waals surface area (Å²) in [7, 11) is 0. The largest absolute Gasteiger partial charge is 0.480 e. The van der Waals surface area contributed by atoms with E-state index >= 15 is 0 Å². The summed E-state index contributed by atoms with van der Waals surface area (Å²) < 4.78 is 1.42. The fraction of sp³-hybridized carbons (Fsp3) is 0.250. The lowest BCUT2D eigenvalue weighted by molar-refractivity contribution is -0.137. The van der Waals surface area contributed by atoms with E-state index in [1.807, 2.05) is 38.1 Å². The van der Waals surface area contributed by atoms with Crippen molar-refractivity contribution in [2.24, 2.45) is 0 Å². The third-order valence-electron chi connectivity index (χ3n) is 3.37. The summed E-state index contributed by atoms with van der Waals surface area (Å²) >= 11 is 0. The number of aryl methyl sites for hydroxylation is 1. The minimum Gasteiger partial charge on any atom is -0.480 e. The average Bonchev–Trinajstić information content (AvgIpc) is 2.86. The number of nitrogens with zero attached hydrogens (tertiary/aromatic N) is 1. The number of hydrogen-bond donors (Lipinski definition) is 2. The molecule has 0 aliphatic rings. The number of carboxylic acids is 1. The molecule has 0 radical (unpaired) electrons. The number of aromatic nitrogens is 1. The summed E-state index contributed by atoms with van der Waals surface area (Å²) in [6.45, 7) is 3.67. The van der Waals surface area contributed by atoms with Crippen LogP contribution in [0.15, 0.2) is 42.6 Å². The number of amides is 1. The molecule has 0 aliphatic heterocycles. The van der Waals surface area contributed by atoms with Crippen molar-refractivity contribution in [3.63, 3.8) is 0 Å². The van der Waals surface area contributed by atoms with E-state index in [0.29, 0.717) is 5.69 Å². The van der Waals surface area contributed by atoms with Crippen LogP contribution in [0.5, 0.6) is 0 Å². The molecule has 2 N–H and O–H groups in total. The maximum atomic E-state index is 12.3. The number of benzene rings is 1. The van der Waals surface area contributed by atoms with Gasteiger partial charge in [0.15, 0.2) is 0 Å². The summed E-state index contributed by atoms with van der Waals surface area (Å²) in [4.78, 5) is 23.1. The van der Waals surface area contributed by atoms with Crippen LogP contribution in [0, 0.1) is 6.92 Å². The number of hydrogen-bond acceptors (Lipinski definition) is 2. The van der Waals surface area contributed by atoms with Gasteiger partial charge in [0.25, 0.3) is 5.91 Å². The molecule has 5 heteroatoms. The van der Waals surface area contributed by atoms with Crippen LogP contribution < -0.4 is 5.32 Å². The first-order chi connectivity index (χ1) is 9.99. The Balaban J connectivity index is 2.13. The molecule has 1 amide bonds. The van der Waals surface area contributed by atoms with E-state index in [-0.39, 0.29) is 18.5 Å². The first-order valence-corrected chi connectivity index (χ1v) is 6.72. The highest BCUT2D eigenvalue weighted by atomic mass is 16.4. The van der Waals surface area contributed by atoms with E-state index in [2.05, 4.69) is 5.32 Å². The van der Waals surface area contributed by atoms with Crippen LogP contribution in [0.2, 0.25) is 0 Å². The zero-order valence-corrected chi connectivity index (χ0v) is 12.0. The number of carboxylic acid groups (broad SMARTS) is 1. The highest BCUT2D eigenvalue weighted by Gasteiger charge is 2.16. The van der Waals surface area contributed by atoms with Gasteiger partial charge in [-0.05, 0) is 37.1 Å². The first kappa shape index (κ1) is 14.8.